The van der Waals surface area contributed by atoms with E-state index in [-0.39, 0.29) is 11.9 Å². The fourth-order valence-corrected chi connectivity index (χ4v) is 3.83. The van der Waals surface area contributed by atoms with Gasteiger partial charge in [0.2, 0.25) is 0 Å². The number of carbonyl (C=O) groups excluding carboxylic acids is 1. The van der Waals surface area contributed by atoms with E-state index in [1.54, 1.807) is 0 Å². The molecule has 1 heterocycles. The molecule has 1 aliphatic carbocycles. The van der Waals surface area contributed by atoms with Crippen LogP contribution in [-0.2, 0) is 13.0 Å². The highest BCUT2D eigenvalue weighted by molar-refractivity contribution is 5.95. The summed E-state index contributed by atoms with van der Waals surface area (Å²) in [6, 6.07) is 18.1. The molecule has 0 saturated carbocycles. The predicted octanol–water partition coefficient (Wildman–Crippen LogP) is 3.80. The number of nitrogens with zero attached hydrogens (tertiary/aromatic N) is 3. The molecule has 0 bridgehead atoms. The van der Waals surface area contributed by atoms with Crippen LogP contribution in [0.3, 0.4) is 0 Å². The number of anilines is 1. The highest BCUT2D eigenvalue weighted by Gasteiger charge is 2.26. The minimum absolute atomic E-state index is 0.0174. The fourth-order valence-electron chi connectivity index (χ4n) is 3.83. The molecule has 1 unspecified atom stereocenters. The lowest BCUT2D eigenvalue weighted by molar-refractivity contribution is 0.0932. The Labute approximate surface area is 166 Å². The predicted molar refractivity (Wildman–Crippen MR) is 112 cm³/mol. The third kappa shape index (κ3) is 3.79. The van der Waals surface area contributed by atoms with Crippen LogP contribution in [0.4, 0.5) is 5.69 Å². The quantitative estimate of drug-likeness (QED) is 0.739. The van der Waals surface area contributed by atoms with E-state index in [1.165, 1.54) is 11.3 Å². The van der Waals surface area contributed by atoms with E-state index >= 15 is 0 Å². The average molecular weight is 374 g/mol. The Morgan fingerprint density at radius 1 is 1.18 bits per heavy atom. The molecule has 0 saturated heterocycles. The zero-order chi connectivity index (χ0) is 19.5. The van der Waals surface area contributed by atoms with E-state index in [0.29, 0.717) is 5.56 Å². The number of aromatic nitrogens is 2. The van der Waals surface area contributed by atoms with Crippen LogP contribution >= 0.6 is 0 Å². The van der Waals surface area contributed by atoms with Crippen molar-refractivity contribution in [2.45, 2.75) is 31.8 Å². The maximum Gasteiger partial charge on any atom is 0.251 e. The standard InChI is InChI=1S/C23H26N4O/c1-26(2)19-11-6-10-18(14-19)23(28)25-21-12-7-13-22-20(21)15-24-27(22)16-17-8-4-3-5-9-17/h3-6,8-11,14-15,21H,7,12-13,16H2,1-2H3,(H,25,28). The molecule has 0 aliphatic heterocycles. The molecule has 3 aromatic rings. The zero-order valence-electron chi connectivity index (χ0n) is 16.4. The van der Waals surface area contributed by atoms with Crippen LogP contribution in [0.1, 0.15) is 46.1 Å². The van der Waals surface area contributed by atoms with Gasteiger partial charge in [0, 0.05) is 36.6 Å². The maximum absolute atomic E-state index is 12.8. The summed E-state index contributed by atoms with van der Waals surface area (Å²) >= 11 is 0. The van der Waals surface area contributed by atoms with Crippen molar-refractivity contribution >= 4 is 11.6 Å². The Hall–Kier alpha value is -3.08. The number of hydrogen-bond donors (Lipinski definition) is 1. The van der Waals surface area contributed by atoms with Crippen LogP contribution in [0, 0.1) is 0 Å². The first-order valence-corrected chi connectivity index (χ1v) is 9.78. The summed E-state index contributed by atoms with van der Waals surface area (Å²) in [7, 11) is 3.96. The van der Waals surface area contributed by atoms with Crippen molar-refractivity contribution in [2.24, 2.45) is 0 Å². The molecule has 144 valence electrons. The largest absolute Gasteiger partial charge is 0.378 e. The van der Waals surface area contributed by atoms with Gasteiger partial charge in [-0.1, -0.05) is 36.4 Å². The zero-order valence-corrected chi connectivity index (χ0v) is 16.4. The molecular formula is C23H26N4O. The SMILES string of the molecule is CN(C)c1cccc(C(=O)NC2CCCc3c2cnn3Cc2ccccc2)c1. The van der Waals surface area contributed by atoms with Crippen molar-refractivity contribution in [2.75, 3.05) is 19.0 Å². The molecule has 2 aromatic carbocycles. The van der Waals surface area contributed by atoms with Crippen LogP contribution in [0.15, 0.2) is 60.8 Å². The lowest BCUT2D eigenvalue weighted by Gasteiger charge is -2.24. The van der Waals surface area contributed by atoms with Gasteiger partial charge in [0.25, 0.3) is 5.91 Å². The summed E-state index contributed by atoms with van der Waals surface area (Å²) in [6.45, 7) is 0.766. The number of nitrogens with one attached hydrogen (secondary N) is 1. The molecule has 5 nitrogen and oxygen atoms in total. The van der Waals surface area contributed by atoms with Crippen LogP contribution < -0.4 is 10.2 Å². The summed E-state index contributed by atoms with van der Waals surface area (Å²) in [5.74, 6) is -0.0302. The van der Waals surface area contributed by atoms with E-state index in [9.17, 15) is 4.79 Å². The summed E-state index contributed by atoms with van der Waals surface area (Å²) in [4.78, 5) is 14.8. The first-order chi connectivity index (χ1) is 13.6. The van der Waals surface area contributed by atoms with Gasteiger partial charge >= 0.3 is 0 Å². The third-order valence-corrected chi connectivity index (χ3v) is 5.37. The second-order valence-electron chi connectivity index (χ2n) is 7.55. The Morgan fingerprint density at radius 3 is 2.79 bits per heavy atom. The number of carbonyl (C=O) groups is 1. The third-order valence-electron chi connectivity index (χ3n) is 5.37. The normalized spacial score (nSPS) is 15.7. The number of benzene rings is 2. The lowest BCUT2D eigenvalue weighted by Crippen LogP contribution is -2.31. The lowest BCUT2D eigenvalue weighted by atomic mass is 9.92. The summed E-state index contributed by atoms with van der Waals surface area (Å²) in [5.41, 5.74) is 5.34. The molecule has 4 rings (SSSR count). The van der Waals surface area contributed by atoms with Crippen molar-refractivity contribution in [3.05, 3.63) is 83.2 Å². The smallest absolute Gasteiger partial charge is 0.251 e. The van der Waals surface area contributed by atoms with Gasteiger partial charge in [0.05, 0.1) is 18.8 Å². The molecule has 28 heavy (non-hydrogen) atoms. The molecule has 0 radical (unpaired) electrons. The first kappa shape index (κ1) is 18.3. The number of fused-ring (bicyclic) bond motifs is 1. The van der Waals surface area contributed by atoms with Crippen LogP contribution in [0.5, 0.6) is 0 Å². The molecule has 1 amide bonds. The summed E-state index contributed by atoms with van der Waals surface area (Å²) < 4.78 is 2.08. The molecule has 0 fully saturated rings. The molecule has 1 aliphatic rings. The Bertz CT molecular complexity index is 962. The minimum atomic E-state index is -0.0302. The Morgan fingerprint density at radius 2 is 2.00 bits per heavy atom. The topological polar surface area (TPSA) is 50.2 Å². The minimum Gasteiger partial charge on any atom is -0.378 e. The van der Waals surface area contributed by atoms with Crippen molar-refractivity contribution in [3.63, 3.8) is 0 Å². The van der Waals surface area contributed by atoms with Gasteiger partial charge < -0.3 is 10.2 Å². The molecule has 5 heteroatoms. The van der Waals surface area contributed by atoms with Gasteiger partial charge in [-0.05, 0) is 43.0 Å². The van der Waals surface area contributed by atoms with Gasteiger partial charge in [-0.25, -0.2) is 0 Å². The van der Waals surface area contributed by atoms with E-state index in [0.717, 1.165) is 37.1 Å². The summed E-state index contributed by atoms with van der Waals surface area (Å²) in [5, 5.41) is 7.84. The van der Waals surface area contributed by atoms with Gasteiger partial charge in [0.1, 0.15) is 0 Å². The van der Waals surface area contributed by atoms with Gasteiger partial charge in [0.15, 0.2) is 0 Å². The van der Waals surface area contributed by atoms with Crippen molar-refractivity contribution in [1.29, 1.82) is 0 Å². The molecule has 1 aromatic heterocycles. The average Bonchev–Trinajstić information content (AvgIpc) is 3.13. The number of hydrogen-bond acceptors (Lipinski definition) is 3. The molecule has 1 N–H and O–H groups in total. The monoisotopic (exact) mass is 374 g/mol. The van der Waals surface area contributed by atoms with Crippen LogP contribution in [0.25, 0.3) is 0 Å². The van der Waals surface area contributed by atoms with Crippen molar-refractivity contribution in [3.8, 4) is 0 Å². The molecular weight excluding hydrogens is 348 g/mol. The van der Waals surface area contributed by atoms with Crippen LogP contribution in [-0.4, -0.2) is 29.8 Å². The van der Waals surface area contributed by atoms with Gasteiger partial charge in [-0.3, -0.25) is 9.48 Å². The van der Waals surface area contributed by atoms with E-state index in [2.05, 4.69) is 39.4 Å². The van der Waals surface area contributed by atoms with E-state index in [4.69, 9.17) is 0 Å². The summed E-state index contributed by atoms with van der Waals surface area (Å²) in [6.07, 6.45) is 4.93. The second kappa shape index (κ2) is 7.89. The first-order valence-electron chi connectivity index (χ1n) is 9.78. The highest BCUT2D eigenvalue weighted by Crippen LogP contribution is 2.30. The van der Waals surface area contributed by atoms with Crippen molar-refractivity contribution < 1.29 is 4.79 Å². The van der Waals surface area contributed by atoms with Gasteiger partial charge in [-0.15, -0.1) is 0 Å². The number of rotatable bonds is 5. The van der Waals surface area contributed by atoms with E-state index < -0.39 is 0 Å². The Balaban J connectivity index is 1.52. The molecule has 1 atom stereocenters. The molecule has 0 spiro atoms. The van der Waals surface area contributed by atoms with Crippen LogP contribution in [0.2, 0.25) is 0 Å². The Kier molecular flexibility index (Phi) is 5.15. The van der Waals surface area contributed by atoms with E-state index in [1.807, 2.05) is 55.5 Å². The highest BCUT2D eigenvalue weighted by atomic mass is 16.1. The van der Waals surface area contributed by atoms with Crippen molar-refractivity contribution in [1.82, 2.24) is 15.1 Å². The second-order valence-corrected chi connectivity index (χ2v) is 7.55. The maximum atomic E-state index is 12.8. The number of amides is 1. The fraction of sp³-hybridized carbons (Fsp3) is 0.304. The van der Waals surface area contributed by atoms with Gasteiger partial charge in [-0.2, -0.15) is 5.10 Å².